The smallest absolute Gasteiger partial charge is 0.293 e. The molecule has 1 aromatic carbocycles. The van der Waals surface area contributed by atoms with Gasteiger partial charge in [0.25, 0.3) is 5.56 Å². The van der Waals surface area contributed by atoms with Gasteiger partial charge in [-0.25, -0.2) is 4.98 Å². The van der Waals surface area contributed by atoms with Crippen molar-refractivity contribution in [2.24, 2.45) is 7.05 Å². The van der Waals surface area contributed by atoms with Crippen LogP contribution in [0.25, 0.3) is 0 Å². The molecule has 0 unspecified atom stereocenters. The summed E-state index contributed by atoms with van der Waals surface area (Å²) in [7, 11) is 3.60. The topological polar surface area (TPSA) is 79.3 Å². The average molecular weight is 392 g/mol. The Hall–Kier alpha value is -2.19. The van der Waals surface area contributed by atoms with Gasteiger partial charge in [-0.15, -0.1) is 0 Å². The fourth-order valence-electron chi connectivity index (χ4n) is 2.72. The molecule has 1 saturated heterocycles. The van der Waals surface area contributed by atoms with Crippen molar-refractivity contribution < 1.29 is 4.79 Å². The van der Waals surface area contributed by atoms with Crippen LogP contribution in [-0.2, 0) is 11.8 Å². The predicted molar refractivity (Wildman–Crippen MR) is 95.3 cm³/mol. The number of likely N-dealkylation sites (N-methyl/N-ethyl adjacent to an activating group) is 1. The minimum absolute atomic E-state index is 0.00647. The van der Waals surface area contributed by atoms with Crippen LogP contribution in [0.1, 0.15) is 11.6 Å². The molecule has 0 spiro atoms. The quantitative estimate of drug-likeness (QED) is 0.826. The van der Waals surface area contributed by atoms with Crippen molar-refractivity contribution in [1.29, 1.82) is 0 Å². The number of anilines is 2. The van der Waals surface area contributed by atoms with Gasteiger partial charge in [0, 0.05) is 32.0 Å². The fraction of sp³-hybridized carbons (Fsp3) is 0.312. The van der Waals surface area contributed by atoms with E-state index in [0.717, 1.165) is 17.8 Å². The summed E-state index contributed by atoms with van der Waals surface area (Å²) in [6.07, 6.45) is 1.61. The van der Waals surface area contributed by atoms with E-state index in [1.807, 2.05) is 36.2 Å². The van der Waals surface area contributed by atoms with Crippen LogP contribution in [0.5, 0.6) is 0 Å². The van der Waals surface area contributed by atoms with Gasteiger partial charge < -0.3 is 15.2 Å². The predicted octanol–water partition coefficient (Wildman–Crippen LogP) is 1.39. The Bertz CT molecular complexity index is 818. The van der Waals surface area contributed by atoms with E-state index in [1.165, 1.54) is 4.57 Å². The monoisotopic (exact) mass is 391 g/mol. The third kappa shape index (κ3) is 3.34. The molecular formula is C16H18BrN5O2. The molecule has 3 rings (SSSR count). The number of benzene rings is 1. The van der Waals surface area contributed by atoms with Crippen molar-refractivity contribution in [3.8, 4) is 0 Å². The number of aryl methyl sites for hydroxylation is 1. The summed E-state index contributed by atoms with van der Waals surface area (Å²) < 4.78 is 2.03. The van der Waals surface area contributed by atoms with Crippen LogP contribution in [0, 0.1) is 0 Å². The number of halogens is 1. The molecule has 1 atom stereocenters. The molecule has 7 nitrogen and oxygen atoms in total. The van der Waals surface area contributed by atoms with Crippen LogP contribution in [0.4, 0.5) is 11.5 Å². The first-order chi connectivity index (χ1) is 11.5. The van der Waals surface area contributed by atoms with Crippen LogP contribution in [0.3, 0.4) is 0 Å². The highest BCUT2D eigenvalue weighted by Crippen LogP contribution is 2.24. The summed E-state index contributed by atoms with van der Waals surface area (Å²) in [6, 6.07) is 7.16. The zero-order chi connectivity index (χ0) is 17.3. The molecule has 1 aromatic heterocycles. The first-order valence-corrected chi connectivity index (χ1v) is 8.33. The molecule has 2 N–H and O–H groups in total. The van der Waals surface area contributed by atoms with Gasteiger partial charge in [0.05, 0.1) is 0 Å². The minimum Gasteiger partial charge on any atom is -0.353 e. The molecular weight excluding hydrogens is 374 g/mol. The third-order valence-corrected chi connectivity index (χ3v) is 4.37. The molecule has 0 bridgehead atoms. The molecule has 0 saturated carbocycles. The minimum atomic E-state index is -0.287. The van der Waals surface area contributed by atoms with E-state index >= 15 is 0 Å². The summed E-state index contributed by atoms with van der Waals surface area (Å²) in [5, 5.41) is 5.90. The summed E-state index contributed by atoms with van der Waals surface area (Å²) in [4.78, 5) is 30.3. The lowest BCUT2D eigenvalue weighted by Gasteiger charge is -2.32. The first-order valence-electron chi connectivity index (χ1n) is 7.54. The van der Waals surface area contributed by atoms with Gasteiger partial charge in [-0.05, 0) is 40.7 Å². The molecule has 2 heterocycles. The number of carbonyl (C=O) groups is 1. The maximum absolute atomic E-state index is 12.1. The maximum Gasteiger partial charge on any atom is 0.293 e. The van der Waals surface area contributed by atoms with E-state index in [9.17, 15) is 9.59 Å². The average Bonchev–Trinajstić information content (AvgIpc) is 2.53. The first kappa shape index (κ1) is 16.7. The molecule has 1 aliphatic heterocycles. The second kappa shape index (κ2) is 6.74. The summed E-state index contributed by atoms with van der Waals surface area (Å²) in [6.45, 7) is 1.48. The number of carbonyl (C=O) groups excluding carboxylic acids is 1. The van der Waals surface area contributed by atoms with Crippen molar-refractivity contribution >= 4 is 33.3 Å². The van der Waals surface area contributed by atoms with Gasteiger partial charge in [0.15, 0.2) is 5.82 Å². The Kier molecular flexibility index (Phi) is 4.68. The highest BCUT2D eigenvalue weighted by molar-refractivity contribution is 9.10. The number of piperazine rings is 1. The van der Waals surface area contributed by atoms with Gasteiger partial charge in [0.1, 0.15) is 10.6 Å². The number of hydrogen-bond donors (Lipinski definition) is 2. The molecule has 24 heavy (non-hydrogen) atoms. The number of rotatable bonds is 3. The number of hydrogen-bond acceptors (Lipinski definition) is 5. The van der Waals surface area contributed by atoms with E-state index in [0.29, 0.717) is 11.1 Å². The van der Waals surface area contributed by atoms with Gasteiger partial charge in [-0.3, -0.25) is 14.5 Å². The summed E-state index contributed by atoms with van der Waals surface area (Å²) in [5.41, 5.74) is 1.43. The van der Waals surface area contributed by atoms with Crippen LogP contribution in [-0.4, -0.2) is 40.5 Å². The van der Waals surface area contributed by atoms with E-state index in [4.69, 9.17) is 0 Å². The molecule has 0 aliphatic carbocycles. The SMILES string of the molecule is CN1CCNC(=O)[C@@H]1c1ccc(Nc2nc(Br)cn(C)c2=O)cc1. The highest BCUT2D eigenvalue weighted by Gasteiger charge is 2.28. The number of nitrogens with one attached hydrogen (secondary N) is 2. The molecule has 1 aliphatic rings. The Balaban J connectivity index is 1.83. The Labute approximate surface area is 147 Å². The number of amides is 1. The Morgan fingerprint density at radius 3 is 2.62 bits per heavy atom. The van der Waals surface area contributed by atoms with Crippen molar-refractivity contribution in [3.63, 3.8) is 0 Å². The standard InChI is InChI=1S/C16H18BrN5O2/c1-21-8-7-18-15(23)13(21)10-3-5-11(6-4-10)19-14-16(24)22(2)9-12(17)20-14/h3-6,9,13H,7-8H2,1-2H3,(H,18,23)(H,19,20)/t13-/m0/s1. The molecule has 8 heteroatoms. The number of nitrogens with zero attached hydrogens (tertiary/aromatic N) is 3. The third-order valence-electron chi connectivity index (χ3n) is 3.98. The zero-order valence-electron chi connectivity index (χ0n) is 13.4. The van der Waals surface area contributed by atoms with Crippen LogP contribution >= 0.6 is 15.9 Å². The second-order valence-electron chi connectivity index (χ2n) is 5.75. The molecule has 1 amide bonds. The zero-order valence-corrected chi connectivity index (χ0v) is 15.0. The highest BCUT2D eigenvalue weighted by atomic mass is 79.9. The second-order valence-corrected chi connectivity index (χ2v) is 6.56. The molecule has 1 fully saturated rings. The molecule has 2 aromatic rings. The van der Waals surface area contributed by atoms with Crippen LogP contribution < -0.4 is 16.2 Å². The van der Waals surface area contributed by atoms with Gasteiger partial charge >= 0.3 is 0 Å². The van der Waals surface area contributed by atoms with Crippen molar-refractivity contribution in [2.75, 3.05) is 25.5 Å². The van der Waals surface area contributed by atoms with Gasteiger partial charge in [-0.1, -0.05) is 12.1 Å². The van der Waals surface area contributed by atoms with Crippen molar-refractivity contribution in [2.45, 2.75) is 6.04 Å². The van der Waals surface area contributed by atoms with E-state index in [1.54, 1.807) is 13.2 Å². The summed E-state index contributed by atoms with van der Waals surface area (Å²) >= 11 is 3.28. The van der Waals surface area contributed by atoms with Crippen LogP contribution in [0.15, 0.2) is 39.9 Å². The lowest BCUT2D eigenvalue weighted by molar-refractivity contribution is -0.128. The normalized spacial score (nSPS) is 18.3. The van der Waals surface area contributed by atoms with Crippen LogP contribution in [0.2, 0.25) is 0 Å². The Morgan fingerprint density at radius 1 is 1.25 bits per heavy atom. The lowest BCUT2D eigenvalue weighted by atomic mass is 10.0. The Morgan fingerprint density at radius 2 is 1.96 bits per heavy atom. The van der Waals surface area contributed by atoms with Gasteiger partial charge in [0.2, 0.25) is 5.91 Å². The maximum atomic E-state index is 12.1. The van der Waals surface area contributed by atoms with Gasteiger partial charge in [-0.2, -0.15) is 0 Å². The van der Waals surface area contributed by atoms with E-state index in [2.05, 4.69) is 31.5 Å². The largest absolute Gasteiger partial charge is 0.353 e. The fourth-order valence-corrected chi connectivity index (χ4v) is 3.21. The number of aromatic nitrogens is 2. The van der Waals surface area contributed by atoms with Crippen molar-refractivity contribution in [3.05, 3.63) is 51.0 Å². The van der Waals surface area contributed by atoms with E-state index in [-0.39, 0.29) is 23.3 Å². The molecule has 0 radical (unpaired) electrons. The molecule has 126 valence electrons. The van der Waals surface area contributed by atoms with Crippen molar-refractivity contribution in [1.82, 2.24) is 19.8 Å². The summed E-state index contributed by atoms with van der Waals surface area (Å²) in [5.74, 6) is 0.249. The van der Waals surface area contributed by atoms with E-state index < -0.39 is 0 Å². The lowest BCUT2D eigenvalue weighted by Crippen LogP contribution is -2.48.